The molecule has 1 aromatic carbocycles. The van der Waals surface area contributed by atoms with Gasteiger partial charge in [-0.1, -0.05) is 6.92 Å². The van der Waals surface area contributed by atoms with E-state index < -0.39 is 4.92 Å². The van der Waals surface area contributed by atoms with Crippen molar-refractivity contribution >= 4 is 11.4 Å². The predicted molar refractivity (Wildman–Crippen MR) is 80.9 cm³/mol. The van der Waals surface area contributed by atoms with Gasteiger partial charge in [-0.25, -0.2) is 0 Å². The van der Waals surface area contributed by atoms with Crippen molar-refractivity contribution in [3.8, 4) is 5.75 Å². The van der Waals surface area contributed by atoms with Crippen LogP contribution < -0.4 is 9.64 Å². The number of aliphatic hydroxyl groups is 1. The lowest BCUT2D eigenvalue weighted by Crippen LogP contribution is -2.41. The van der Waals surface area contributed by atoms with Gasteiger partial charge in [0.1, 0.15) is 0 Å². The average Bonchev–Trinajstić information content (AvgIpc) is 2.40. The van der Waals surface area contributed by atoms with Gasteiger partial charge in [-0.05, 0) is 32.3 Å². The first-order valence-corrected chi connectivity index (χ1v) is 7.26. The molecule has 0 amide bonds. The molecule has 1 saturated heterocycles. The Hall–Kier alpha value is -1.82. The van der Waals surface area contributed by atoms with Crippen LogP contribution in [0.3, 0.4) is 0 Å². The third-order valence-electron chi connectivity index (χ3n) is 3.73. The minimum Gasteiger partial charge on any atom is -0.484 e. The first-order chi connectivity index (χ1) is 9.88. The van der Waals surface area contributed by atoms with E-state index in [2.05, 4.69) is 4.90 Å². The lowest BCUT2D eigenvalue weighted by Gasteiger charge is -2.36. The van der Waals surface area contributed by atoms with Crippen LogP contribution in [0.2, 0.25) is 0 Å². The monoisotopic (exact) mass is 294 g/mol. The number of nitro benzene ring substituents is 1. The molecule has 2 rings (SSSR count). The Kier molecular flexibility index (Phi) is 4.67. The molecule has 0 bridgehead atoms. The van der Waals surface area contributed by atoms with E-state index >= 15 is 0 Å². The van der Waals surface area contributed by atoms with Crippen molar-refractivity contribution < 1.29 is 14.8 Å². The average molecular weight is 294 g/mol. The first kappa shape index (κ1) is 15.6. The molecular weight excluding hydrogens is 272 g/mol. The molecule has 1 aliphatic rings. The summed E-state index contributed by atoms with van der Waals surface area (Å²) < 4.78 is 5.57. The minimum absolute atomic E-state index is 0.0162. The van der Waals surface area contributed by atoms with Gasteiger partial charge < -0.3 is 14.7 Å². The number of aliphatic hydroxyl groups excluding tert-OH is 1. The quantitative estimate of drug-likeness (QED) is 0.682. The largest absolute Gasteiger partial charge is 0.484 e. The summed E-state index contributed by atoms with van der Waals surface area (Å²) in [6, 6.07) is 4.96. The van der Waals surface area contributed by atoms with E-state index in [-0.39, 0.29) is 23.8 Å². The molecule has 2 unspecified atom stereocenters. The zero-order valence-electron chi connectivity index (χ0n) is 12.7. The summed E-state index contributed by atoms with van der Waals surface area (Å²) in [5.41, 5.74) is 0.882. The molecule has 21 heavy (non-hydrogen) atoms. The maximum Gasteiger partial charge on any atom is 0.311 e. The Balaban J connectivity index is 2.26. The number of benzene rings is 1. The van der Waals surface area contributed by atoms with E-state index in [1.807, 2.05) is 20.8 Å². The molecule has 0 aromatic heterocycles. The molecule has 116 valence electrons. The molecule has 0 spiro atoms. The van der Waals surface area contributed by atoms with Crippen LogP contribution in [-0.2, 0) is 0 Å². The summed E-state index contributed by atoms with van der Waals surface area (Å²) in [4.78, 5) is 12.8. The van der Waals surface area contributed by atoms with E-state index in [0.717, 1.165) is 18.8 Å². The second kappa shape index (κ2) is 6.30. The number of rotatable bonds is 4. The van der Waals surface area contributed by atoms with Gasteiger partial charge >= 0.3 is 5.69 Å². The zero-order valence-corrected chi connectivity index (χ0v) is 12.7. The van der Waals surface area contributed by atoms with Gasteiger partial charge in [0.05, 0.1) is 17.1 Å². The molecular formula is C15H22N2O4. The van der Waals surface area contributed by atoms with Gasteiger partial charge in [-0.2, -0.15) is 0 Å². The summed E-state index contributed by atoms with van der Waals surface area (Å²) in [6.07, 6.45) is 0.310. The van der Waals surface area contributed by atoms with Crippen molar-refractivity contribution in [2.24, 2.45) is 5.92 Å². The Bertz CT molecular complexity index is 518. The number of nitro groups is 1. The predicted octanol–water partition coefficient (Wildman–Crippen LogP) is 2.59. The van der Waals surface area contributed by atoms with E-state index in [0.29, 0.717) is 12.2 Å². The van der Waals surface area contributed by atoms with Gasteiger partial charge in [-0.15, -0.1) is 0 Å². The maximum absolute atomic E-state index is 11.1. The highest BCUT2D eigenvalue weighted by Gasteiger charge is 2.26. The smallest absolute Gasteiger partial charge is 0.311 e. The highest BCUT2D eigenvalue weighted by atomic mass is 16.6. The fraction of sp³-hybridized carbons (Fsp3) is 0.600. The van der Waals surface area contributed by atoms with Gasteiger partial charge in [-0.3, -0.25) is 10.1 Å². The van der Waals surface area contributed by atoms with Crippen LogP contribution in [0.25, 0.3) is 0 Å². The van der Waals surface area contributed by atoms with E-state index in [4.69, 9.17) is 4.74 Å². The molecule has 0 saturated carbocycles. The standard InChI is InChI=1S/C15H22N2O4/c1-10(2)21-15-8-12(4-5-13(15)17(19)20)16-7-6-14(18)11(3)9-16/h4-5,8,10-11,14,18H,6-7,9H2,1-3H3. The molecule has 6 nitrogen and oxygen atoms in total. The van der Waals surface area contributed by atoms with Gasteiger partial charge in [0.25, 0.3) is 0 Å². The van der Waals surface area contributed by atoms with E-state index in [1.54, 1.807) is 12.1 Å². The maximum atomic E-state index is 11.1. The fourth-order valence-corrected chi connectivity index (χ4v) is 2.57. The Morgan fingerprint density at radius 1 is 1.48 bits per heavy atom. The van der Waals surface area contributed by atoms with Crippen molar-refractivity contribution in [3.05, 3.63) is 28.3 Å². The molecule has 1 aliphatic heterocycles. The number of nitrogens with zero attached hydrogens (tertiary/aromatic N) is 2. The van der Waals surface area contributed by atoms with Gasteiger partial charge in [0.15, 0.2) is 5.75 Å². The van der Waals surface area contributed by atoms with Gasteiger partial charge in [0, 0.05) is 30.9 Å². The normalized spacial score (nSPS) is 22.4. The second-order valence-corrected chi connectivity index (χ2v) is 5.86. The molecule has 1 fully saturated rings. The van der Waals surface area contributed by atoms with Crippen LogP contribution in [0.1, 0.15) is 27.2 Å². The second-order valence-electron chi connectivity index (χ2n) is 5.86. The Labute approximate surface area is 124 Å². The topological polar surface area (TPSA) is 75.8 Å². The SMILES string of the molecule is CC(C)Oc1cc(N2CCC(O)C(C)C2)ccc1[N+](=O)[O-]. The van der Waals surface area contributed by atoms with Crippen molar-refractivity contribution in [2.45, 2.75) is 39.4 Å². The number of hydrogen-bond donors (Lipinski definition) is 1. The lowest BCUT2D eigenvalue weighted by molar-refractivity contribution is -0.386. The van der Waals surface area contributed by atoms with Crippen LogP contribution in [-0.4, -0.2) is 35.3 Å². The molecule has 1 heterocycles. The number of hydrogen-bond acceptors (Lipinski definition) is 5. The van der Waals surface area contributed by atoms with Crippen LogP contribution in [0.15, 0.2) is 18.2 Å². The highest BCUT2D eigenvalue weighted by Crippen LogP contribution is 2.34. The number of ether oxygens (including phenoxy) is 1. The fourth-order valence-electron chi connectivity index (χ4n) is 2.57. The zero-order chi connectivity index (χ0) is 15.6. The van der Waals surface area contributed by atoms with Crippen molar-refractivity contribution in [2.75, 3.05) is 18.0 Å². The highest BCUT2D eigenvalue weighted by molar-refractivity contribution is 5.59. The molecule has 0 aliphatic carbocycles. The number of piperidine rings is 1. The first-order valence-electron chi connectivity index (χ1n) is 7.26. The van der Waals surface area contributed by atoms with Crippen molar-refractivity contribution in [1.29, 1.82) is 0 Å². The third-order valence-corrected chi connectivity index (χ3v) is 3.73. The summed E-state index contributed by atoms with van der Waals surface area (Å²) in [5, 5.41) is 20.9. The van der Waals surface area contributed by atoms with Crippen molar-refractivity contribution in [3.63, 3.8) is 0 Å². The van der Waals surface area contributed by atoms with Crippen LogP contribution in [0, 0.1) is 16.0 Å². The van der Waals surface area contributed by atoms with Gasteiger partial charge in [0.2, 0.25) is 0 Å². The summed E-state index contributed by atoms with van der Waals surface area (Å²) in [5.74, 6) is 0.481. The van der Waals surface area contributed by atoms with E-state index in [1.165, 1.54) is 6.07 Å². The summed E-state index contributed by atoms with van der Waals surface area (Å²) >= 11 is 0. The third kappa shape index (κ3) is 3.64. The molecule has 6 heteroatoms. The lowest BCUT2D eigenvalue weighted by atomic mass is 9.96. The molecule has 0 radical (unpaired) electrons. The van der Waals surface area contributed by atoms with Crippen LogP contribution >= 0.6 is 0 Å². The summed E-state index contributed by atoms with van der Waals surface area (Å²) in [6.45, 7) is 7.17. The van der Waals surface area contributed by atoms with Crippen LogP contribution in [0.4, 0.5) is 11.4 Å². The Morgan fingerprint density at radius 2 is 2.19 bits per heavy atom. The Morgan fingerprint density at radius 3 is 2.76 bits per heavy atom. The number of anilines is 1. The van der Waals surface area contributed by atoms with Crippen LogP contribution in [0.5, 0.6) is 5.75 Å². The molecule has 1 aromatic rings. The van der Waals surface area contributed by atoms with Crippen molar-refractivity contribution in [1.82, 2.24) is 0 Å². The molecule has 1 N–H and O–H groups in total. The molecule has 2 atom stereocenters. The van der Waals surface area contributed by atoms with E-state index in [9.17, 15) is 15.2 Å². The summed E-state index contributed by atoms with van der Waals surface area (Å²) in [7, 11) is 0. The minimum atomic E-state index is -0.427.